The zero-order valence-corrected chi connectivity index (χ0v) is 8.32. The minimum absolute atomic E-state index is 0.275. The highest BCUT2D eigenvalue weighted by Crippen LogP contribution is 2.18. The molecule has 0 aromatic carbocycles. The minimum atomic E-state index is 0.275. The van der Waals surface area contributed by atoms with Gasteiger partial charge < -0.3 is 5.11 Å². The van der Waals surface area contributed by atoms with Crippen LogP contribution in [-0.2, 0) is 0 Å². The first-order valence-electron chi connectivity index (χ1n) is 4.72. The second kappa shape index (κ2) is 4.21. The highest BCUT2D eigenvalue weighted by Gasteiger charge is 2.30. The maximum atomic E-state index is 8.85. The van der Waals surface area contributed by atoms with E-state index < -0.39 is 0 Å². The van der Waals surface area contributed by atoms with Gasteiger partial charge in [-0.3, -0.25) is 9.80 Å². The molecule has 1 aliphatic rings. The van der Waals surface area contributed by atoms with E-state index in [0.717, 1.165) is 19.6 Å². The van der Waals surface area contributed by atoms with Crippen molar-refractivity contribution in [2.45, 2.75) is 20.0 Å². The van der Waals surface area contributed by atoms with Crippen molar-refractivity contribution < 1.29 is 5.11 Å². The highest BCUT2D eigenvalue weighted by molar-refractivity contribution is 4.81. The fourth-order valence-corrected chi connectivity index (χ4v) is 2.13. The van der Waals surface area contributed by atoms with E-state index in [-0.39, 0.29) is 6.61 Å². The van der Waals surface area contributed by atoms with Crippen LogP contribution in [0.15, 0.2) is 0 Å². The Balaban J connectivity index is 2.51. The Bertz CT molecular complexity index is 136. The molecule has 1 atom stereocenters. The van der Waals surface area contributed by atoms with E-state index in [1.165, 1.54) is 0 Å². The third-order valence-electron chi connectivity index (χ3n) is 2.55. The second-order valence-corrected chi connectivity index (χ2v) is 3.90. The summed E-state index contributed by atoms with van der Waals surface area (Å²) < 4.78 is 0. The van der Waals surface area contributed by atoms with Crippen LogP contribution in [-0.4, -0.2) is 54.4 Å². The van der Waals surface area contributed by atoms with E-state index in [1.807, 2.05) is 0 Å². The first-order chi connectivity index (χ1) is 5.66. The summed E-state index contributed by atoms with van der Waals surface area (Å²) in [5, 5.41) is 8.85. The van der Waals surface area contributed by atoms with Crippen molar-refractivity contribution in [1.82, 2.24) is 9.80 Å². The second-order valence-electron chi connectivity index (χ2n) is 3.90. The monoisotopic (exact) mass is 172 g/mol. The van der Waals surface area contributed by atoms with Gasteiger partial charge in [0.05, 0.1) is 12.8 Å². The van der Waals surface area contributed by atoms with Gasteiger partial charge >= 0.3 is 0 Å². The molecule has 0 amide bonds. The molecule has 1 fully saturated rings. The molecule has 0 aromatic heterocycles. The van der Waals surface area contributed by atoms with Gasteiger partial charge in [-0.2, -0.15) is 0 Å². The lowest BCUT2D eigenvalue weighted by Crippen LogP contribution is -2.42. The number of aliphatic hydroxyl groups excluding tert-OH is 1. The number of nitrogens with zero attached hydrogens (tertiary/aromatic N) is 2. The van der Waals surface area contributed by atoms with E-state index in [2.05, 4.69) is 30.7 Å². The van der Waals surface area contributed by atoms with Gasteiger partial charge in [0.1, 0.15) is 0 Å². The normalized spacial score (nSPS) is 27.2. The molecule has 1 aliphatic heterocycles. The van der Waals surface area contributed by atoms with Gasteiger partial charge in [0.2, 0.25) is 0 Å². The van der Waals surface area contributed by atoms with Crippen LogP contribution in [0.4, 0.5) is 0 Å². The zero-order valence-electron chi connectivity index (χ0n) is 8.32. The summed E-state index contributed by atoms with van der Waals surface area (Å²) in [6, 6.07) is 0. The van der Waals surface area contributed by atoms with Crippen LogP contribution >= 0.6 is 0 Å². The van der Waals surface area contributed by atoms with E-state index in [4.69, 9.17) is 5.11 Å². The Kier molecular flexibility index (Phi) is 3.50. The maximum absolute atomic E-state index is 8.85. The predicted octanol–water partition coefficient (Wildman–Crippen LogP) is 0.208. The SMILES string of the molecule is CC(C)C1N(C)CCN1CCO. The van der Waals surface area contributed by atoms with Crippen LogP contribution in [0.2, 0.25) is 0 Å². The molecule has 0 aliphatic carbocycles. The number of hydrogen-bond acceptors (Lipinski definition) is 3. The van der Waals surface area contributed by atoms with Crippen LogP contribution in [0.25, 0.3) is 0 Å². The van der Waals surface area contributed by atoms with Crippen molar-refractivity contribution in [2.75, 3.05) is 33.3 Å². The fraction of sp³-hybridized carbons (Fsp3) is 1.00. The fourth-order valence-electron chi connectivity index (χ4n) is 2.13. The number of likely N-dealkylation sites (N-methyl/N-ethyl adjacent to an activating group) is 1. The molecule has 0 saturated carbocycles. The van der Waals surface area contributed by atoms with Crippen molar-refractivity contribution in [3.05, 3.63) is 0 Å². The van der Waals surface area contributed by atoms with Crippen molar-refractivity contribution in [3.63, 3.8) is 0 Å². The number of aliphatic hydroxyl groups is 1. The van der Waals surface area contributed by atoms with Crippen molar-refractivity contribution >= 4 is 0 Å². The van der Waals surface area contributed by atoms with Crippen LogP contribution in [0, 0.1) is 5.92 Å². The van der Waals surface area contributed by atoms with E-state index in [1.54, 1.807) is 0 Å². The smallest absolute Gasteiger partial charge is 0.0645 e. The molecule has 1 unspecified atom stereocenters. The summed E-state index contributed by atoms with van der Waals surface area (Å²) in [6.45, 7) is 7.78. The molecule has 1 saturated heterocycles. The first kappa shape index (κ1) is 9.96. The molecule has 3 heteroatoms. The topological polar surface area (TPSA) is 26.7 Å². The molecule has 0 aromatic rings. The van der Waals surface area contributed by atoms with Crippen LogP contribution in [0.5, 0.6) is 0 Å². The summed E-state index contributed by atoms with van der Waals surface area (Å²) in [4.78, 5) is 4.71. The molecular weight excluding hydrogens is 152 g/mol. The molecule has 0 radical (unpaired) electrons. The summed E-state index contributed by atoms with van der Waals surface area (Å²) in [5.74, 6) is 0.643. The third kappa shape index (κ3) is 1.97. The third-order valence-corrected chi connectivity index (χ3v) is 2.55. The Morgan fingerprint density at radius 1 is 1.42 bits per heavy atom. The molecule has 1 N–H and O–H groups in total. The van der Waals surface area contributed by atoms with E-state index in [9.17, 15) is 0 Å². The highest BCUT2D eigenvalue weighted by atomic mass is 16.3. The quantitative estimate of drug-likeness (QED) is 0.659. The van der Waals surface area contributed by atoms with Gasteiger partial charge in [-0.1, -0.05) is 13.8 Å². The molecule has 1 rings (SSSR count). The predicted molar refractivity (Wildman–Crippen MR) is 49.9 cm³/mol. The molecular formula is C9H20N2O. The van der Waals surface area contributed by atoms with Gasteiger partial charge in [-0.15, -0.1) is 0 Å². The lowest BCUT2D eigenvalue weighted by atomic mass is 10.1. The van der Waals surface area contributed by atoms with Gasteiger partial charge in [0.15, 0.2) is 0 Å². The summed E-state index contributed by atoms with van der Waals surface area (Å²) >= 11 is 0. The van der Waals surface area contributed by atoms with Crippen molar-refractivity contribution in [1.29, 1.82) is 0 Å². The lowest BCUT2D eigenvalue weighted by molar-refractivity contribution is 0.0936. The lowest BCUT2D eigenvalue weighted by Gasteiger charge is -2.30. The standard InChI is InChI=1S/C9H20N2O/c1-8(2)9-10(3)4-5-11(9)6-7-12/h8-9,12H,4-7H2,1-3H3. The van der Waals surface area contributed by atoms with Crippen LogP contribution < -0.4 is 0 Å². The molecule has 0 spiro atoms. The Labute approximate surface area is 75.0 Å². The van der Waals surface area contributed by atoms with E-state index >= 15 is 0 Å². The average Bonchev–Trinajstić information content (AvgIpc) is 2.32. The average molecular weight is 172 g/mol. The molecule has 0 bridgehead atoms. The van der Waals surface area contributed by atoms with Crippen molar-refractivity contribution in [2.24, 2.45) is 5.92 Å². The molecule has 1 heterocycles. The zero-order chi connectivity index (χ0) is 9.14. The molecule has 72 valence electrons. The first-order valence-corrected chi connectivity index (χ1v) is 4.72. The number of rotatable bonds is 3. The number of β-amino-alcohol motifs (C(OH)–C–C–N with tert-alkyl or cyclic N) is 1. The largest absolute Gasteiger partial charge is 0.395 e. The van der Waals surface area contributed by atoms with Crippen molar-refractivity contribution in [3.8, 4) is 0 Å². The van der Waals surface area contributed by atoms with Gasteiger partial charge in [0.25, 0.3) is 0 Å². The van der Waals surface area contributed by atoms with E-state index in [0.29, 0.717) is 12.1 Å². The minimum Gasteiger partial charge on any atom is -0.395 e. The Hall–Kier alpha value is -0.120. The summed E-state index contributed by atoms with van der Waals surface area (Å²) in [7, 11) is 2.15. The van der Waals surface area contributed by atoms with Crippen LogP contribution in [0.3, 0.4) is 0 Å². The Morgan fingerprint density at radius 2 is 2.08 bits per heavy atom. The Morgan fingerprint density at radius 3 is 2.58 bits per heavy atom. The van der Waals surface area contributed by atoms with Crippen LogP contribution in [0.1, 0.15) is 13.8 Å². The summed E-state index contributed by atoms with van der Waals surface area (Å²) in [5.41, 5.74) is 0. The van der Waals surface area contributed by atoms with Gasteiger partial charge in [-0.25, -0.2) is 0 Å². The number of hydrogen-bond donors (Lipinski definition) is 1. The van der Waals surface area contributed by atoms with Gasteiger partial charge in [0, 0.05) is 19.6 Å². The molecule has 3 nitrogen and oxygen atoms in total. The summed E-state index contributed by atoms with van der Waals surface area (Å²) in [6.07, 6.45) is 0.525. The van der Waals surface area contributed by atoms with Gasteiger partial charge in [-0.05, 0) is 13.0 Å². The molecule has 12 heavy (non-hydrogen) atoms. The maximum Gasteiger partial charge on any atom is 0.0645 e.